The van der Waals surface area contributed by atoms with Crippen LogP contribution in [0.25, 0.3) is 0 Å². The fourth-order valence-corrected chi connectivity index (χ4v) is 3.57. The van der Waals surface area contributed by atoms with Crippen LogP contribution in [-0.4, -0.2) is 50.2 Å². The maximum atomic E-state index is 12.2. The van der Waals surface area contributed by atoms with Crippen molar-refractivity contribution in [2.24, 2.45) is 5.92 Å². The van der Waals surface area contributed by atoms with Crippen LogP contribution in [0, 0.1) is 5.92 Å². The molecule has 3 rings (SSSR count). The number of benzene rings is 1. The minimum absolute atomic E-state index is 0. The molecule has 1 aromatic rings. The molecule has 2 aliphatic heterocycles. The third kappa shape index (κ3) is 6.71. The summed E-state index contributed by atoms with van der Waals surface area (Å²) in [5.74, 6) is 0.779. The van der Waals surface area contributed by atoms with E-state index in [2.05, 4.69) is 34.6 Å². The number of rotatable bonds is 6. The largest absolute Gasteiger partial charge is 0.379 e. The van der Waals surface area contributed by atoms with Gasteiger partial charge in [0.15, 0.2) is 0 Å². The van der Waals surface area contributed by atoms with Gasteiger partial charge in [0.2, 0.25) is 5.91 Å². The van der Waals surface area contributed by atoms with Crippen molar-refractivity contribution in [3.05, 3.63) is 29.8 Å². The van der Waals surface area contributed by atoms with Crippen molar-refractivity contribution >= 4 is 36.4 Å². The molecular weight excluding hydrogens is 373 g/mol. The number of morpholine rings is 1. The minimum atomic E-state index is 0. The Hall–Kier alpha value is -0.850. The number of anilines is 1. The fraction of sp³-hybridized carbons (Fsp3) is 0.632. The molecule has 0 aliphatic carbocycles. The third-order valence-electron chi connectivity index (χ3n) is 5.19. The van der Waals surface area contributed by atoms with Crippen molar-refractivity contribution < 1.29 is 9.53 Å². The molecule has 1 aromatic carbocycles. The van der Waals surface area contributed by atoms with E-state index in [4.69, 9.17) is 4.74 Å². The van der Waals surface area contributed by atoms with Crippen LogP contribution in [0.5, 0.6) is 0 Å². The summed E-state index contributed by atoms with van der Waals surface area (Å²) in [6.07, 6.45) is 2.78. The van der Waals surface area contributed by atoms with E-state index < -0.39 is 0 Å². The number of hydrogen-bond acceptors (Lipinski definition) is 4. The molecule has 2 fully saturated rings. The first-order valence-corrected chi connectivity index (χ1v) is 9.14. The number of carbonyl (C=O) groups is 1. The molecule has 148 valence electrons. The molecule has 26 heavy (non-hydrogen) atoms. The van der Waals surface area contributed by atoms with Gasteiger partial charge in [-0.25, -0.2) is 0 Å². The van der Waals surface area contributed by atoms with E-state index >= 15 is 0 Å². The zero-order chi connectivity index (χ0) is 16.8. The maximum absolute atomic E-state index is 12.2. The molecule has 7 heteroatoms. The van der Waals surface area contributed by atoms with Crippen LogP contribution in [0.15, 0.2) is 24.3 Å². The zero-order valence-corrected chi connectivity index (χ0v) is 17.0. The molecule has 0 radical (unpaired) electrons. The predicted molar refractivity (Wildman–Crippen MR) is 111 cm³/mol. The second-order valence-electron chi connectivity index (χ2n) is 6.90. The molecule has 0 aromatic heterocycles. The lowest BCUT2D eigenvalue weighted by atomic mass is 10.0. The summed E-state index contributed by atoms with van der Waals surface area (Å²) in [6, 6.07) is 8.60. The van der Waals surface area contributed by atoms with Gasteiger partial charge in [-0.05, 0) is 56.5 Å². The van der Waals surface area contributed by atoms with Gasteiger partial charge in [-0.15, -0.1) is 24.8 Å². The number of hydrogen-bond donors (Lipinski definition) is 2. The number of amides is 1. The molecule has 0 saturated carbocycles. The molecule has 2 atom stereocenters. The van der Waals surface area contributed by atoms with Crippen molar-refractivity contribution in [3.8, 4) is 0 Å². The van der Waals surface area contributed by atoms with Crippen molar-refractivity contribution in [2.45, 2.75) is 32.2 Å². The monoisotopic (exact) mass is 403 g/mol. The van der Waals surface area contributed by atoms with Gasteiger partial charge in [0.1, 0.15) is 0 Å². The highest BCUT2D eigenvalue weighted by Crippen LogP contribution is 2.24. The number of ether oxygens (including phenoxy) is 1. The summed E-state index contributed by atoms with van der Waals surface area (Å²) in [7, 11) is 0. The highest BCUT2D eigenvalue weighted by atomic mass is 35.5. The van der Waals surface area contributed by atoms with Crippen LogP contribution in [-0.2, 0) is 9.53 Å². The molecular formula is C19H31Cl2N3O2. The lowest BCUT2D eigenvalue weighted by Crippen LogP contribution is -2.38. The predicted octanol–water partition coefficient (Wildman–Crippen LogP) is 3.25. The van der Waals surface area contributed by atoms with Gasteiger partial charge in [0, 0.05) is 31.2 Å². The van der Waals surface area contributed by atoms with Gasteiger partial charge < -0.3 is 15.4 Å². The third-order valence-corrected chi connectivity index (χ3v) is 5.19. The summed E-state index contributed by atoms with van der Waals surface area (Å²) in [5.41, 5.74) is 2.15. The van der Waals surface area contributed by atoms with Gasteiger partial charge in [-0.3, -0.25) is 9.69 Å². The minimum Gasteiger partial charge on any atom is -0.379 e. The zero-order valence-electron chi connectivity index (χ0n) is 15.4. The Morgan fingerprint density at radius 3 is 2.81 bits per heavy atom. The SMILES string of the molecule is CC(c1cccc(NC(=O)CCC2CCNC2)c1)N1CCOCC1.Cl.Cl. The van der Waals surface area contributed by atoms with Crippen LogP contribution in [0.2, 0.25) is 0 Å². The Morgan fingerprint density at radius 2 is 2.12 bits per heavy atom. The molecule has 2 heterocycles. The van der Waals surface area contributed by atoms with Crippen molar-refractivity contribution in [1.29, 1.82) is 0 Å². The summed E-state index contributed by atoms with van der Waals surface area (Å²) < 4.78 is 5.43. The highest BCUT2D eigenvalue weighted by molar-refractivity contribution is 5.90. The highest BCUT2D eigenvalue weighted by Gasteiger charge is 2.19. The topological polar surface area (TPSA) is 53.6 Å². The number of nitrogens with one attached hydrogen (secondary N) is 2. The molecule has 1 amide bonds. The van der Waals surface area contributed by atoms with E-state index in [0.717, 1.165) is 51.5 Å². The Kier molecular flexibility index (Phi) is 10.5. The second-order valence-corrected chi connectivity index (χ2v) is 6.90. The van der Waals surface area contributed by atoms with Crippen LogP contribution in [0.3, 0.4) is 0 Å². The van der Waals surface area contributed by atoms with Gasteiger partial charge in [0.05, 0.1) is 13.2 Å². The molecule has 2 saturated heterocycles. The van der Waals surface area contributed by atoms with E-state index in [1.807, 2.05) is 12.1 Å². The Bertz CT molecular complexity index is 547. The summed E-state index contributed by atoms with van der Waals surface area (Å²) in [6.45, 7) is 7.90. The Balaban J connectivity index is 0.00000169. The van der Waals surface area contributed by atoms with E-state index in [1.54, 1.807) is 0 Å². The number of halogens is 2. The number of nitrogens with zero attached hydrogens (tertiary/aromatic N) is 1. The molecule has 2 N–H and O–H groups in total. The van der Waals surface area contributed by atoms with Gasteiger partial charge >= 0.3 is 0 Å². The first kappa shape index (κ1) is 23.2. The fourth-order valence-electron chi connectivity index (χ4n) is 3.57. The summed E-state index contributed by atoms with van der Waals surface area (Å²) >= 11 is 0. The van der Waals surface area contributed by atoms with Crippen LogP contribution < -0.4 is 10.6 Å². The maximum Gasteiger partial charge on any atom is 0.224 e. The first-order valence-electron chi connectivity index (χ1n) is 9.14. The second kappa shape index (κ2) is 11.8. The van der Waals surface area contributed by atoms with Crippen LogP contribution in [0.4, 0.5) is 5.69 Å². The Labute approximate surface area is 169 Å². The van der Waals surface area contributed by atoms with Gasteiger partial charge in [-0.2, -0.15) is 0 Å². The summed E-state index contributed by atoms with van der Waals surface area (Å²) in [5, 5.41) is 6.41. The normalized spacial score (nSPS) is 21.3. The Morgan fingerprint density at radius 1 is 1.35 bits per heavy atom. The number of carbonyl (C=O) groups excluding carboxylic acids is 1. The van der Waals surface area contributed by atoms with Crippen molar-refractivity contribution in [2.75, 3.05) is 44.7 Å². The summed E-state index contributed by atoms with van der Waals surface area (Å²) in [4.78, 5) is 14.6. The van der Waals surface area contributed by atoms with Gasteiger partial charge in [-0.1, -0.05) is 12.1 Å². The lowest BCUT2D eigenvalue weighted by molar-refractivity contribution is -0.116. The van der Waals surface area contributed by atoms with Gasteiger partial charge in [0.25, 0.3) is 0 Å². The van der Waals surface area contributed by atoms with E-state index in [0.29, 0.717) is 18.4 Å². The molecule has 0 spiro atoms. The molecule has 2 unspecified atom stereocenters. The quantitative estimate of drug-likeness (QED) is 0.765. The van der Waals surface area contributed by atoms with Crippen LogP contribution in [0.1, 0.15) is 37.8 Å². The van der Waals surface area contributed by atoms with E-state index in [-0.39, 0.29) is 30.7 Å². The standard InChI is InChI=1S/C19H29N3O2.2ClH/c1-15(22-9-11-24-12-10-22)17-3-2-4-18(13-17)21-19(23)6-5-16-7-8-20-14-16;;/h2-4,13,15-16,20H,5-12,14H2,1H3,(H,21,23);2*1H. The molecule has 0 bridgehead atoms. The molecule has 2 aliphatic rings. The first-order chi connectivity index (χ1) is 11.7. The van der Waals surface area contributed by atoms with Crippen molar-refractivity contribution in [3.63, 3.8) is 0 Å². The molecule has 5 nitrogen and oxygen atoms in total. The van der Waals surface area contributed by atoms with Crippen molar-refractivity contribution in [1.82, 2.24) is 10.2 Å². The average Bonchev–Trinajstić information content (AvgIpc) is 3.14. The smallest absolute Gasteiger partial charge is 0.224 e. The lowest BCUT2D eigenvalue weighted by Gasteiger charge is -2.32. The van der Waals surface area contributed by atoms with Crippen LogP contribution >= 0.6 is 24.8 Å². The average molecular weight is 404 g/mol. The van der Waals surface area contributed by atoms with E-state index in [1.165, 1.54) is 12.0 Å². The van der Waals surface area contributed by atoms with E-state index in [9.17, 15) is 4.79 Å².